The largest absolute Gasteiger partial charge is 0.504 e. The molecule has 3 aromatic rings. The average molecular weight is 771 g/mol. The van der Waals surface area contributed by atoms with Crippen molar-refractivity contribution in [2.45, 2.75) is 74.6 Å². The minimum Gasteiger partial charge on any atom is -0.504 e. The Kier molecular flexibility index (Phi) is 8.36. The number of thioether (sulfide) groups is 1. The molecular formula is C40H42N4O10S. The number of nitrogens with zero attached hydrogens (tertiary/aromatic N) is 3. The summed E-state index contributed by atoms with van der Waals surface area (Å²) >= 11 is 1.48. The lowest BCUT2D eigenvalue weighted by molar-refractivity contribution is -0.157. The van der Waals surface area contributed by atoms with Gasteiger partial charge in [0.1, 0.15) is 18.4 Å². The topological polar surface area (TPSA) is 172 Å². The molecule has 7 aliphatic heterocycles. The molecule has 10 rings (SSSR count). The van der Waals surface area contributed by atoms with Crippen LogP contribution in [0.3, 0.4) is 0 Å². The van der Waals surface area contributed by atoms with E-state index in [9.17, 15) is 25.1 Å². The van der Waals surface area contributed by atoms with Gasteiger partial charge in [-0.3, -0.25) is 19.9 Å². The van der Waals surface area contributed by atoms with Gasteiger partial charge in [-0.05, 0) is 68.1 Å². The Bertz CT molecular complexity index is 2220. The number of esters is 2. The van der Waals surface area contributed by atoms with Crippen LogP contribution < -0.4 is 29.0 Å². The van der Waals surface area contributed by atoms with Crippen molar-refractivity contribution in [3.63, 3.8) is 0 Å². The number of likely N-dealkylation sites (N-methyl/N-ethyl adjacent to an activating group) is 1. The third-order valence-electron chi connectivity index (χ3n) is 12.4. The summed E-state index contributed by atoms with van der Waals surface area (Å²) in [5, 5.41) is 36.9. The Labute approximate surface area is 322 Å². The number of piperazine rings is 1. The van der Waals surface area contributed by atoms with E-state index in [1.165, 1.54) is 32.9 Å². The Morgan fingerprint density at radius 2 is 1.84 bits per heavy atom. The maximum absolute atomic E-state index is 14.7. The van der Waals surface area contributed by atoms with E-state index in [2.05, 4.69) is 21.2 Å². The summed E-state index contributed by atoms with van der Waals surface area (Å²) in [4.78, 5) is 32.0. The number of aromatic hydroxyl groups is 2. The SMILES string of the molecule is COc1cc2c(cc1O)CCN[C@]21CS[C@@H]2c3c(OC(C)=O)c(C)c4c(c3[C@H](COC1=O)N1C2[C@H]2c3c(cc(C)c(OC)c3O)C[C@@H](C1C#N)N2C)OCO4. The molecule has 3 aromatic carbocycles. The standard InChI is InChI=1S/C40H42N4O10S/c1-17-9-21-10-23-24(13-41)44-25-14-51-39(48)40(22-12-27(49-5)26(46)11-20(22)7-8-42-40)15-55-38(32(44)31(43(23)4)28(21)33(47)34(17)50-6)30-29(25)37-36(52-16-53-37)18(2)35(30)54-19(3)45/h9,11-12,23-25,31-32,38,42,46-47H,7-8,10,14-16H2,1-6H3/t23-,24?,25-,31+,32?,38+,40+/m0/s1. The third kappa shape index (κ3) is 4.90. The molecule has 2 fully saturated rings. The number of phenols is 2. The highest BCUT2D eigenvalue weighted by atomic mass is 32.2. The van der Waals surface area contributed by atoms with Crippen LogP contribution in [0.25, 0.3) is 0 Å². The number of aryl methyl sites for hydroxylation is 1. The van der Waals surface area contributed by atoms with Crippen molar-refractivity contribution in [3.05, 3.63) is 62.7 Å². The molecule has 1 spiro atoms. The van der Waals surface area contributed by atoms with Crippen LogP contribution in [0.15, 0.2) is 18.2 Å². The number of benzene rings is 3. The lowest BCUT2D eigenvalue weighted by Crippen LogP contribution is -2.69. The van der Waals surface area contributed by atoms with Crippen molar-refractivity contribution < 1.29 is 48.2 Å². The number of phenolic OH excluding ortho intramolecular Hbond substituents is 2. The maximum atomic E-state index is 14.7. The predicted octanol–water partition coefficient (Wildman–Crippen LogP) is 3.99. The zero-order chi connectivity index (χ0) is 38.7. The number of carbonyl (C=O) groups excluding carboxylic acids is 2. The zero-order valence-corrected chi connectivity index (χ0v) is 32.2. The number of nitrogens with one attached hydrogen (secondary N) is 1. The van der Waals surface area contributed by atoms with Gasteiger partial charge in [0.25, 0.3) is 0 Å². The number of nitriles is 1. The molecule has 0 radical (unpaired) electrons. The van der Waals surface area contributed by atoms with Gasteiger partial charge >= 0.3 is 11.9 Å². The smallest absolute Gasteiger partial charge is 0.331 e. The van der Waals surface area contributed by atoms with E-state index in [0.29, 0.717) is 70.2 Å². The number of hydrogen-bond acceptors (Lipinski definition) is 15. The molecular weight excluding hydrogens is 729 g/mol. The van der Waals surface area contributed by atoms with Crippen LogP contribution in [-0.4, -0.2) is 97.0 Å². The number of rotatable bonds is 3. The van der Waals surface area contributed by atoms with Crippen LogP contribution >= 0.6 is 11.8 Å². The summed E-state index contributed by atoms with van der Waals surface area (Å²) in [5.74, 6) is 0.973. The average Bonchev–Trinajstić information content (AvgIpc) is 3.65. The van der Waals surface area contributed by atoms with Crippen LogP contribution in [-0.2, 0) is 32.7 Å². The molecule has 15 heteroatoms. The summed E-state index contributed by atoms with van der Waals surface area (Å²) in [7, 11) is 4.99. The normalized spacial score (nSPS) is 28.9. The van der Waals surface area contributed by atoms with E-state index in [0.717, 1.165) is 16.7 Å². The fourth-order valence-electron chi connectivity index (χ4n) is 10.2. The van der Waals surface area contributed by atoms with E-state index in [4.69, 9.17) is 28.4 Å². The first-order valence-electron chi connectivity index (χ1n) is 18.3. The fraction of sp³-hybridized carbons (Fsp3) is 0.475. The highest BCUT2D eigenvalue weighted by Crippen LogP contribution is 2.64. The number of fused-ring (bicyclic) bond motifs is 9. The summed E-state index contributed by atoms with van der Waals surface area (Å²) < 4.78 is 36.1. The van der Waals surface area contributed by atoms with Crippen molar-refractivity contribution in [1.29, 1.82) is 5.26 Å². The number of ether oxygens (including phenoxy) is 6. The molecule has 0 amide bonds. The summed E-state index contributed by atoms with van der Waals surface area (Å²) in [5.41, 5.74) is 4.41. The van der Waals surface area contributed by atoms with Crippen molar-refractivity contribution in [2.24, 2.45) is 0 Å². The molecule has 288 valence electrons. The number of carbonyl (C=O) groups is 2. The van der Waals surface area contributed by atoms with Gasteiger partial charge in [0.2, 0.25) is 6.79 Å². The summed E-state index contributed by atoms with van der Waals surface area (Å²) in [6.45, 7) is 5.28. The molecule has 3 N–H and O–H groups in total. The molecule has 0 saturated carbocycles. The second-order valence-electron chi connectivity index (χ2n) is 15.1. The summed E-state index contributed by atoms with van der Waals surface area (Å²) in [6, 6.07) is 5.28. The quantitative estimate of drug-likeness (QED) is 0.258. The molecule has 4 bridgehead atoms. The van der Waals surface area contributed by atoms with Crippen molar-refractivity contribution in [3.8, 4) is 46.3 Å². The van der Waals surface area contributed by atoms with Gasteiger partial charge in [0, 0.05) is 53.6 Å². The van der Waals surface area contributed by atoms with Gasteiger partial charge in [-0.2, -0.15) is 5.26 Å². The monoisotopic (exact) mass is 770 g/mol. The lowest BCUT2D eigenvalue weighted by atomic mass is 9.71. The molecule has 2 saturated heterocycles. The Morgan fingerprint density at radius 3 is 2.56 bits per heavy atom. The van der Waals surface area contributed by atoms with Crippen LogP contribution in [0.2, 0.25) is 0 Å². The third-order valence-corrected chi connectivity index (χ3v) is 13.9. The van der Waals surface area contributed by atoms with Crippen LogP contribution in [0, 0.1) is 25.2 Å². The zero-order valence-electron chi connectivity index (χ0n) is 31.3. The van der Waals surface area contributed by atoms with E-state index in [1.807, 2.05) is 27.0 Å². The van der Waals surface area contributed by atoms with Crippen LogP contribution in [0.4, 0.5) is 0 Å². The van der Waals surface area contributed by atoms with E-state index < -0.39 is 46.9 Å². The first-order valence-corrected chi connectivity index (χ1v) is 19.4. The van der Waals surface area contributed by atoms with Gasteiger partial charge in [0.05, 0.1) is 37.6 Å². The minimum atomic E-state index is -1.36. The Balaban J connectivity index is 1.33. The van der Waals surface area contributed by atoms with Gasteiger partial charge in [-0.15, -0.1) is 11.8 Å². The molecule has 7 aliphatic rings. The van der Waals surface area contributed by atoms with Gasteiger partial charge in [-0.1, -0.05) is 6.07 Å². The van der Waals surface area contributed by atoms with Crippen molar-refractivity contribution >= 4 is 23.7 Å². The van der Waals surface area contributed by atoms with Crippen LogP contribution in [0.1, 0.15) is 68.8 Å². The van der Waals surface area contributed by atoms with E-state index in [1.54, 1.807) is 12.1 Å². The highest BCUT2D eigenvalue weighted by Gasteiger charge is 2.62. The minimum absolute atomic E-state index is 0.0239. The second kappa shape index (κ2) is 12.8. The molecule has 2 unspecified atom stereocenters. The fourth-order valence-corrected chi connectivity index (χ4v) is 11.9. The van der Waals surface area contributed by atoms with Crippen molar-refractivity contribution in [2.75, 3.05) is 47.0 Å². The molecule has 7 atom stereocenters. The van der Waals surface area contributed by atoms with Crippen molar-refractivity contribution in [1.82, 2.24) is 15.1 Å². The van der Waals surface area contributed by atoms with Crippen LogP contribution in [0.5, 0.6) is 40.2 Å². The van der Waals surface area contributed by atoms with Gasteiger partial charge in [-0.25, -0.2) is 4.79 Å². The van der Waals surface area contributed by atoms with Gasteiger partial charge in [0.15, 0.2) is 40.0 Å². The number of hydrogen-bond donors (Lipinski definition) is 3. The number of methoxy groups -OCH3 is 2. The lowest BCUT2D eigenvalue weighted by Gasteiger charge is -2.62. The molecule has 0 aliphatic carbocycles. The summed E-state index contributed by atoms with van der Waals surface area (Å²) in [6.07, 6.45) is 1.05. The molecule has 55 heavy (non-hydrogen) atoms. The molecule has 14 nitrogen and oxygen atoms in total. The Hall–Kier alpha value is -4.88. The predicted molar refractivity (Wildman–Crippen MR) is 198 cm³/mol. The van der Waals surface area contributed by atoms with E-state index in [-0.39, 0.29) is 42.4 Å². The second-order valence-corrected chi connectivity index (χ2v) is 16.2. The molecule has 7 heterocycles. The first-order chi connectivity index (χ1) is 26.4. The molecule has 0 aromatic heterocycles. The van der Waals surface area contributed by atoms with Gasteiger partial charge < -0.3 is 38.6 Å². The first kappa shape index (κ1) is 35.8. The maximum Gasteiger partial charge on any atom is 0.331 e. The highest BCUT2D eigenvalue weighted by molar-refractivity contribution is 7.99. The van der Waals surface area contributed by atoms with E-state index >= 15 is 0 Å². The Morgan fingerprint density at radius 1 is 1.05 bits per heavy atom.